The van der Waals surface area contributed by atoms with Crippen LogP contribution in [0.3, 0.4) is 0 Å². The lowest BCUT2D eigenvalue weighted by Crippen LogP contribution is -2.18. The lowest BCUT2D eigenvalue weighted by molar-refractivity contribution is 0.0696. The van der Waals surface area contributed by atoms with Gasteiger partial charge in [0.25, 0.3) is 5.56 Å². The van der Waals surface area contributed by atoms with Crippen molar-refractivity contribution < 1.29 is 14.3 Å². The molecule has 0 aliphatic carbocycles. The van der Waals surface area contributed by atoms with Crippen LogP contribution in [0.25, 0.3) is 5.69 Å². The number of nitrogens with zero attached hydrogens (tertiary/aromatic N) is 1. The average Bonchev–Trinajstić information content (AvgIpc) is 2.31. The smallest absolute Gasteiger partial charge is 0.337 e. The van der Waals surface area contributed by atoms with Crippen LogP contribution >= 0.6 is 0 Å². The molecule has 0 saturated carbocycles. The second kappa shape index (κ2) is 4.21. The van der Waals surface area contributed by atoms with Gasteiger partial charge in [-0.05, 0) is 30.3 Å². The van der Waals surface area contributed by atoms with Crippen LogP contribution in [0.2, 0.25) is 0 Å². The minimum atomic E-state index is -1.12. The van der Waals surface area contributed by atoms with Crippen molar-refractivity contribution in [3.8, 4) is 5.69 Å². The Hall–Kier alpha value is -2.43. The Labute approximate surface area is 95.6 Å². The maximum atomic E-state index is 12.7. The molecule has 0 unspecified atom stereocenters. The zero-order chi connectivity index (χ0) is 12.4. The van der Waals surface area contributed by atoms with Gasteiger partial charge in [0.1, 0.15) is 5.82 Å². The number of aromatic nitrogens is 1. The molecule has 1 N–H and O–H groups in total. The summed E-state index contributed by atoms with van der Waals surface area (Å²) in [6.07, 6.45) is 1.21. The van der Waals surface area contributed by atoms with Crippen LogP contribution in [0.1, 0.15) is 10.4 Å². The summed E-state index contributed by atoms with van der Waals surface area (Å²) >= 11 is 0. The summed E-state index contributed by atoms with van der Waals surface area (Å²) in [5.41, 5.74) is 0.0371. The molecule has 17 heavy (non-hydrogen) atoms. The SMILES string of the molecule is O=C(O)c1ccc(=O)n(-c2ccc(F)cc2)c1. The van der Waals surface area contributed by atoms with Crippen molar-refractivity contribution in [2.24, 2.45) is 0 Å². The molecule has 1 heterocycles. The molecule has 0 aliphatic heterocycles. The number of hydrogen-bond donors (Lipinski definition) is 1. The van der Waals surface area contributed by atoms with Gasteiger partial charge < -0.3 is 5.11 Å². The van der Waals surface area contributed by atoms with E-state index in [4.69, 9.17) is 5.11 Å². The molecule has 0 fully saturated rings. The van der Waals surface area contributed by atoms with Crippen LogP contribution in [-0.2, 0) is 0 Å². The van der Waals surface area contributed by atoms with Gasteiger partial charge in [0.15, 0.2) is 0 Å². The van der Waals surface area contributed by atoms with Gasteiger partial charge in [-0.1, -0.05) is 0 Å². The Morgan fingerprint density at radius 3 is 2.35 bits per heavy atom. The van der Waals surface area contributed by atoms with E-state index in [1.807, 2.05) is 0 Å². The molecule has 0 spiro atoms. The lowest BCUT2D eigenvalue weighted by Gasteiger charge is -2.06. The summed E-state index contributed by atoms with van der Waals surface area (Å²) < 4.78 is 13.9. The first kappa shape index (κ1) is 11.1. The minimum Gasteiger partial charge on any atom is -0.478 e. The van der Waals surface area contributed by atoms with Crippen LogP contribution in [0.15, 0.2) is 47.4 Å². The Morgan fingerprint density at radius 1 is 1.12 bits per heavy atom. The molecule has 0 aliphatic rings. The van der Waals surface area contributed by atoms with E-state index in [9.17, 15) is 14.0 Å². The van der Waals surface area contributed by atoms with Gasteiger partial charge in [0, 0.05) is 18.0 Å². The van der Waals surface area contributed by atoms with Gasteiger partial charge in [-0.15, -0.1) is 0 Å². The summed E-state index contributed by atoms with van der Waals surface area (Å²) in [4.78, 5) is 22.3. The van der Waals surface area contributed by atoms with Gasteiger partial charge in [0.05, 0.1) is 5.56 Å². The van der Waals surface area contributed by atoms with Crippen LogP contribution in [0, 0.1) is 5.82 Å². The van der Waals surface area contributed by atoms with E-state index in [1.54, 1.807) is 0 Å². The molecule has 0 amide bonds. The number of benzene rings is 1. The third-order valence-corrected chi connectivity index (χ3v) is 2.26. The van der Waals surface area contributed by atoms with Gasteiger partial charge in [-0.3, -0.25) is 9.36 Å². The summed E-state index contributed by atoms with van der Waals surface area (Å²) in [6, 6.07) is 7.60. The van der Waals surface area contributed by atoms with Gasteiger partial charge in [-0.2, -0.15) is 0 Å². The normalized spacial score (nSPS) is 10.2. The minimum absolute atomic E-state index is 0.00562. The van der Waals surface area contributed by atoms with Crippen molar-refractivity contribution >= 4 is 5.97 Å². The third kappa shape index (κ3) is 2.23. The molecule has 0 bridgehead atoms. The van der Waals surface area contributed by atoms with E-state index in [2.05, 4.69) is 0 Å². The molecule has 0 atom stereocenters. The quantitative estimate of drug-likeness (QED) is 0.858. The number of pyridine rings is 1. The zero-order valence-electron chi connectivity index (χ0n) is 8.63. The van der Waals surface area contributed by atoms with E-state index >= 15 is 0 Å². The van der Waals surface area contributed by atoms with Gasteiger partial charge in [-0.25, -0.2) is 9.18 Å². The van der Waals surface area contributed by atoms with Crippen molar-refractivity contribution in [2.75, 3.05) is 0 Å². The average molecular weight is 233 g/mol. The van der Waals surface area contributed by atoms with Crippen molar-refractivity contribution in [3.05, 3.63) is 64.3 Å². The molecule has 5 heteroatoms. The largest absolute Gasteiger partial charge is 0.478 e. The van der Waals surface area contributed by atoms with Crippen LogP contribution < -0.4 is 5.56 Å². The molecule has 1 aromatic heterocycles. The van der Waals surface area contributed by atoms with Crippen molar-refractivity contribution in [1.29, 1.82) is 0 Å². The Kier molecular flexibility index (Phi) is 2.74. The Balaban J connectivity index is 2.58. The van der Waals surface area contributed by atoms with E-state index in [0.29, 0.717) is 5.69 Å². The first-order valence-corrected chi connectivity index (χ1v) is 4.80. The van der Waals surface area contributed by atoms with E-state index in [1.165, 1.54) is 36.5 Å². The molecule has 2 aromatic rings. The van der Waals surface area contributed by atoms with Crippen LogP contribution in [-0.4, -0.2) is 15.6 Å². The summed E-state index contributed by atoms with van der Waals surface area (Å²) in [5, 5.41) is 8.82. The number of rotatable bonds is 2. The summed E-state index contributed by atoms with van der Waals surface area (Å²) in [5.74, 6) is -1.54. The summed E-state index contributed by atoms with van der Waals surface area (Å²) in [6.45, 7) is 0. The van der Waals surface area contributed by atoms with Crippen LogP contribution in [0.4, 0.5) is 4.39 Å². The number of aromatic carboxylic acids is 1. The first-order valence-electron chi connectivity index (χ1n) is 4.80. The molecule has 86 valence electrons. The molecule has 2 rings (SSSR count). The highest BCUT2D eigenvalue weighted by Crippen LogP contribution is 2.07. The molecular formula is C12H8FNO3. The zero-order valence-corrected chi connectivity index (χ0v) is 8.63. The lowest BCUT2D eigenvalue weighted by atomic mass is 10.2. The third-order valence-electron chi connectivity index (χ3n) is 2.26. The van der Waals surface area contributed by atoms with Gasteiger partial charge in [0.2, 0.25) is 0 Å². The Bertz CT molecular complexity index is 616. The van der Waals surface area contributed by atoms with E-state index < -0.39 is 11.8 Å². The second-order valence-electron chi connectivity index (χ2n) is 3.41. The van der Waals surface area contributed by atoms with Crippen molar-refractivity contribution in [1.82, 2.24) is 4.57 Å². The van der Waals surface area contributed by atoms with E-state index in [-0.39, 0.29) is 11.1 Å². The predicted octanol–water partition coefficient (Wildman–Crippen LogP) is 1.67. The number of hydrogen-bond acceptors (Lipinski definition) is 2. The fraction of sp³-hybridized carbons (Fsp3) is 0. The highest BCUT2D eigenvalue weighted by atomic mass is 19.1. The molecule has 4 nitrogen and oxygen atoms in total. The standard InChI is InChI=1S/C12H8FNO3/c13-9-2-4-10(5-3-9)14-7-8(12(16)17)1-6-11(14)15/h1-7H,(H,16,17). The first-order chi connectivity index (χ1) is 8.08. The number of carboxylic acid groups (broad SMARTS) is 1. The summed E-state index contributed by atoms with van der Waals surface area (Å²) in [7, 11) is 0. The maximum absolute atomic E-state index is 12.7. The second-order valence-corrected chi connectivity index (χ2v) is 3.41. The number of carboxylic acids is 1. The highest BCUT2D eigenvalue weighted by molar-refractivity contribution is 5.87. The molecule has 0 saturated heterocycles. The molecular weight excluding hydrogens is 225 g/mol. The topological polar surface area (TPSA) is 59.3 Å². The Morgan fingerprint density at radius 2 is 1.76 bits per heavy atom. The fourth-order valence-electron chi connectivity index (χ4n) is 1.42. The molecule has 0 radical (unpaired) electrons. The van der Waals surface area contributed by atoms with Crippen LogP contribution in [0.5, 0.6) is 0 Å². The number of halogens is 1. The maximum Gasteiger partial charge on any atom is 0.337 e. The monoisotopic (exact) mass is 233 g/mol. The number of carbonyl (C=O) groups is 1. The predicted molar refractivity (Wildman–Crippen MR) is 59.0 cm³/mol. The van der Waals surface area contributed by atoms with E-state index in [0.717, 1.165) is 10.6 Å². The van der Waals surface area contributed by atoms with Crippen molar-refractivity contribution in [3.63, 3.8) is 0 Å². The van der Waals surface area contributed by atoms with Crippen molar-refractivity contribution in [2.45, 2.75) is 0 Å². The fourth-order valence-corrected chi connectivity index (χ4v) is 1.42. The molecule has 1 aromatic carbocycles. The van der Waals surface area contributed by atoms with Gasteiger partial charge >= 0.3 is 5.97 Å². The highest BCUT2D eigenvalue weighted by Gasteiger charge is 2.06.